The van der Waals surface area contributed by atoms with Crippen LogP contribution in [0.4, 0.5) is 0 Å². The number of hydrogen-bond acceptors (Lipinski definition) is 6. The van der Waals surface area contributed by atoms with Crippen LogP contribution < -0.4 is 0 Å². The first-order valence-electron chi connectivity index (χ1n) is 12.0. The largest absolute Gasteiger partial charge is 0.466 e. The van der Waals surface area contributed by atoms with Crippen molar-refractivity contribution in [3.63, 3.8) is 0 Å². The number of nitrogens with zero attached hydrogens (tertiary/aromatic N) is 2. The van der Waals surface area contributed by atoms with Crippen LogP contribution in [-0.4, -0.2) is 82.3 Å². The summed E-state index contributed by atoms with van der Waals surface area (Å²) in [5.41, 5.74) is -1.88. The van der Waals surface area contributed by atoms with Crippen LogP contribution in [0.5, 0.6) is 0 Å². The lowest BCUT2D eigenvalue weighted by Gasteiger charge is -2.38. The smallest absolute Gasteiger partial charge is 0.312 e. The number of amides is 2. The van der Waals surface area contributed by atoms with E-state index in [-0.39, 0.29) is 37.6 Å². The molecule has 3 unspecified atom stereocenters. The van der Waals surface area contributed by atoms with Gasteiger partial charge in [0.2, 0.25) is 11.8 Å². The molecule has 32 heavy (non-hydrogen) atoms. The van der Waals surface area contributed by atoms with Crippen LogP contribution in [0.25, 0.3) is 0 Å². The van der Waals surface area contributed by atoms with Gasteiger partial charge in [0.15, 0.2) is 0 Å². The highest BCUT2D eigenvalue weighted by molar-refractivity contribution is 5.98. The van der Waals surface area contributed by atoms with Gasteiger partial charge in [-0.2, -0.15) is 0 Å². The van der Waals surface area contributed by atoms with E-state index in [9.17, 15) is 19.5 Å². The molecule has 3 aliphatic rings. The highest BCUT2D eigenvalue weighted by Crippen LogP contribution is 2.64. The monoisotopic (exact) mass is 450 g/mol. The first kappa shape index (κ1) is 24.7. The maximum absolute atomic E-state index is 14.0. The van der Waals surface area contributed by atoms with Crippen LogP contribution in [-0.2, 0) is 23.9 Å². The topological polar surface area (TPSA) is 96.4 Å². The van der Waals surface area contributed by atoms with Gasteiger partial charge >= 0.3 is 5.97 Å². The third kappa shape index (κ3) is 3.55. The summed E-state index contributed by atoms with van der Waals surface area (Å²) in [6, 6.07) is -0.911. The van der Waals surface area contributed by atoms with Gasteiger partial charge < -0.3 is 24.4 Å². The van der Waals surface area contributed by atoms with Gasteiger partial charge in [-0.15, -0.1) is 6.58 Å². The van der Waals surface area contributed by atoms with Crippen LogP contribution in [0.1, 0.15) is 59.8 Å². The molecule has 6 atom stereocenters. The highest BCUT2D eigenvalue weighted by Gasteiger charge is 2.79. The Bertz CT molecular complexity index is 757. The lowest BCUT2D eigenvalue weighted by molar-refractivity contribution is -0.162. The molecule has 3 aliphatic heterocycles. The molecule has 2 bridgehead atoms. The molecular formula is C24H38N2O6. The number of β-amino-alcohol motifs (C(OH)–C–C–N with tert-alkyl or cyclic N) is 1. The fraction of sp³-hybridized carbons (Fsp3) is 0.792. The van der Waals surface area contributed by atoms with Crippen molar-refractivity contribution in [3.8, 4) is 0 Å². The number of ether oxygens (including phenoxy) is 2. The zero-order chi connectivity index (χ0) is 23.7. The summed E-state index contributed by atoms with van der Waals surface area (Å²) in [5.74, 6) is -2.45. The Balaban J connectivity index is 2.08. The molecule has 1 N–H and O–H groups in total. The number of carbonyl (C=O) groups is 3. The van der Waals surface area contributed by atoms with Crippen molar-refractivity contribution in [2.24, 2.45) is 11.8 Å². The second-order valence-corrected chi connectivity index (χ2v) is 9.26. The molecule has 180 valence electrons. The summed E-state index contributed by atoms with van der Waals surface area (Å²) in [6.45, 7) is 11.9. The van der Waals surface area contributed by atoms with Crippen LogP contribution in [0, 0.1) is 11.8 Å². The van der Waals surface area contributed by atoms with E-state index in [0.29, 0.717) is 25.8 Å². The summed E-state index contributed by atoms with van der Waals surface area (Å²) in [7, 11) is 0. The molecule has 0 aliphatic carbocycles. The van der Waals surface area contributed by atoms with Gasteiger partial charge in [0, 0.05) is 19.1 Å². The van der Waals surface area contributed by atoms with E-state index >= 15 is 0 Å². The number of carbonyl (C=O) groups excluding carboxylic acids is 3. The van der Waals surface area contributed by atoms with Gasteiger partial charge in [0.25, 0.3) is 0 Å². The highest BCUT2D eigenvalue weighted by atomic mass is 16.6. The third-order valence-electron chi connectivity index (χ3n) is 7.64. The number of aliphatic hydroxyl groups excluding tert-OH is 1. The zero-order valence-corrected chi connectivity index (χ0v) is 19.8. The fourth-order valence-electron chi connectivity index (χ4n) is 6.29. The molecule has 3 rings (SSSR count). The van der Waals surface area contributed by atoms with Crippen LogP contribution in [0.3, 0.4) is 0 Å². The van der Waals surface area contributed by atoms with Crippen molar-refractivity contribution >= 4 is 17.8 Å². The molecule has 0 aromatic heterocycles. The summed E-state index contributed by atoms with van der Waals surface area (Å²) in [6.07, 6.45) is 5.11. The average Bonchev–Trinajstić information content (AvgIpc) is 3.36. The minimum Gasteiger partial charge on any atom is -0.466 e. The number of hydrogen-bond donors (Lipinski definition) is 1. The van der Waals surface area contributed by atoms with Crippen molar-refractivity contribution < 1.29 is 29.0 Å². The molecule has 8 heteroatoms. The van der Waals surface area contributed by atoms with Crippen molar-refractivity contribution in [1.82, 2.24) is 9.80 Å². The predicted molar refractivity (Wildman–Crippen MR) is 119 cm³/mol. The molecule has 3 heterocycles. The third-order valence-corrected chi connectivity index (χ3v) is 7.64. The van der Waals surface area contributed by atoms with E-state index in [1.54, 1.807) is 17.9 Å². The van der Waals surface area contributed by atoms with Gasteiger partial charge in [0.05, 0.1) is 24.7 Å². The molecule has 0 saturated carbocycles. The van der Waals surface area contributed by atoms with Gasteiger partial charge in [-0.25, -0.2) is 0 Å². The predicted octanol–water partition coefficient (Wildman–Crippen LogP) is 1.90. The number of fused-ring (bicyclic) bond motifs is 1. The van der Waals surface area contributed by atoms with Crippen molar-refractivity contribution in [1.29, 1.82) is 0 Å². The van der Waals surface area contributed by atoms with Crippen molar-refractivity contribution in [2.75, 3.05) is 26.3 Å². The van der Waals surface area contributed by atoms with Crippen molar-refractivity contribution in [2.45, 2.75) is 83.1 Å². The number of esters is 1. The van der Waals surface area contributed by atoms with E-state index in [1.165, 1.54) is 4.90 Å². The molecule has 8 nitrogen and oxygen atoms in total. The molecule has 1 spiro atoms. The number of aliphatic hydroxyl groups is 1. The normalized spacial score (nSPS) is 33.8. The zero-order valence-electron chi connectivity index (χ0n) is 19.8. The fourth-order valence-corrected chi connectivity index (χ4v) is 6.29. The lowest BCUT2D eigenvalue weighted by atomic mass is 9.65. The quantitative estimate of drug-likeness (QED) is 0.382. The van der Waals surface area contributed by atoms with E-state index < -0.39 is 35.0 Å². The maximum Gasteiger partial charge on any atom is 0.312 e. The van der Waals surface area contributed by atoms with Crippen LogP contribution >= 0.6 is 0 Å². The molecular weight excluding hydrogens is 412 g/mol. The van der Waals surface area contributed by atoms with Crippen LogP contribution in [0.15, 0.2) is 12.7 Å². The van der Waals surface area contributed by atoms with Crippen molar-refractivity contribution in [3.05, 3.63) is 12.7 Å². The summed E-state index contributed by atoms with van der Waals surface area (Å²) in [4.78, 5) is 43.9. The van der Waals surface area contributed by atoms with Gasteiger partial charge in [-0.05, 0) is 39.5 Å². The molecule has 0 aromatic rings. The molecule has 3 saturated heterocycles. The SMILES string of the molecule is C=CCN(C(=O)C1N(CCO)C(=O)[C@@H]2[C@@H](C(=O)OCC)[C@@]3(CC)CCC12O3)C(C)CCC. The van der Waals surface area contributed by atoms with Gasteiger partial charge in [0.1, 0.15) is 17.6 Å². The number of rotatable bonds is 11. The van der Waals surface area contributed by atoms with E-state index in [4.69, 9.17) is 9.47 Å². The Morgan fingerprint density at radius 1 is 1.38 bits per heavy atom. The Labute approximate surface area is 190 Å². The van der Waals surface area contributed by atoms with Crippen LogP contribution in [0.2, 0.25) is 0 Å². The Hall–Kier alpha value is -1.93. The molecule has 0 aromatic carbocycles. The van der Waals surface area contributed by atoms with E-state index in [2.05, 4.69) is 13.5 Å². The number of likely N-dealkylation sites (tertiary alicyclic amines) is 1. The Kier molecular flexibility index (Phi) is 7.34. The maximum atomic E-state index is 14.0. The lowest BCUT2D eigenvalue weighted by Crippen LogP contribution is -2.58. The first-order valence-corrected chi connectivity index (χ1v) is 12.0. The molecule has 3 fully saturated rings. The summed E-state index contributed by atoms with van der Waals surface area (Å²) in [5, 5.41) is 9.70. The van der Waals surface area contributed by atoms with E-state index in [0.717, 1.165) is 12.8 Å². The van der Waals surface area contributed by atoms with E-state index in [1.807, 2.05) is 13.8 Å². The minimum atomic E-state index is -1.08. The minimum absolute atomic E-state index is 0.0234. The summed E-state index contributed by atoms with van der Waals surface area (Å²) >= 11 is 0. The van der Waals surface area contributed by atoms with Gasteiger partial charge in [-0.1, -0.05) is 26.3 Å². The van der Waals surface area contributed by atoms with Gasteiger partial charge in [-0.3, -0.25) is 14.4 Å². The molecule has 0 radical (unpaired) electrons. The standard InChI is InChI=1S/C24H38N2O6/c1-6-10-16(5)25(13-7-2)21(29)19-24-12-11-23(8-3,32-24)18(22(30)31-9-4)17(24)20(28)26(19)14-15-27/h7,16-19,27H,2,6,8-15H2,1,3-5H3/t16?,17-,18-,19?,23+,24?/m0/s1. The summed E-state index contributed by atoms with van der Waals surface area (Å²) < 4.78 is 12.0. The second kappa shape index (κ2) is 9.51. The second-order valence-electron chi connectivity index (χ2n) is 9.26. The average molecular weight is 451 g/mol. The Morgan fingerprint density at radius 2 is 2.09 bits per heavy atom. The first-order chi connectivity index (χ1) is 15.3. The molecule has 2 amide bonds. The Morgan fingerprint density at radius 3 is 2.66 bits per heavy atom.